The van der Waals surface area contributed by atoms with Crippen molar-refractivity contribution in [3.05, 3.63) is 58.0 Å². The van der Waals surface area contributed by atoms with E-state index in [0.717, 1.165) is 23.4 Å². The van der Waals surface area contributed by atoms with Crippen LogP contribution in [0.25, 0.3) is 0 Å². The number of nitrogens with zero attached hydrogens (tertiary/aromatic N) is 3. The standard InChI is InChI=1S/C24H33N3O3/c1-17(2)10-12-25-13-11-18(3)22(23(25)28)24(29)27-15-14-26(16-19(27)4)20-8-6-7-9-21(20)30-5/h6-9,11,13,17,19H,10,12,14-16H2,1-5H3. The van der Waals surface area contributed by atoms with Gasteiger partial charge in [-0.05, 0) is 49.9 Å². The Bertz CT molecular complexity index is 951. The summed E-state index contributed by atoms with van der Waals surface area (Å²) in [7, 11) is 1.67. The monoisotopic (exact) mass is 411 g/mol. The lowest BCUT2D eigenvalue weighted by atomic mass is 10.1. The number of amides is 1. The number of aromatic nitrogens is 1. The Morgan fingerprint density at radius 1 is 1.20 bits per heavy atom. The number of benzene rings is 1. The summed E-state index contributed by atoms with van der Waals surface area (Å²) in [4.78, 5) is 30.5. The maximum Gasteiger partial charge on any atom is 0.263 e. The van der Waals surface area contributed by atoms with Crippen molar-refractivity contribution in [1.29, 1.82) is 0 Å². The first-order chi connectivity index (χ1) is 14.3. The van der Waals surface area contributed by atoms with E-state index < -0.39 is 0 Å². The molecule has 0 radical (unpaired) electrons. The van der Waals surface area contributed by atoms with Crippen LogP contribution in [-0.4, -0.2) is 48.2 Å². The number of ether oxygens (including phenoxy) is 1. The van der Waals surface area contributed by atoms with Gasteiger partial charge in [-0.3, -0.25) is 9.59 Å². The molecule has 2 heterocycles. The molecule has 0 spiro atoms. The third-order valence-electron chi connectivity index (χ3n) is 5.85. The highest BCUT2D eigenvalue weighted by molar-refractivity contribution is 5.95. The molecular weight excluding hydrogens is 378 g/mol. The number of para-hydroxylation sites is 2. The van der Waals surface area contributed by atoms with Gasteiger partial charge in [0.15, 0.2) is 0 Å². The predicted octanol–water partition coefficient (Wildman–Crippen LogP) is 3.56. The number of pyridine rings is 1. The van der Waals surface area contributed by atoms with Crippen LogP contribution in [0.15, 0.2) is 41.3 Å². The summed E-state index contributed by atoms with van der Waals surface area (Å²) in [6.07, 6.45) is 2.71. The van der Waals surface area contributed by atoms with E-state index in [2.05, 4.69) is 18.7 Å². The molecule has 1 amide bonds. The van der Waals surface area contributed by atoms with Gasteiger partial charge in [0, 0.05) is 38.4 Å². The van der Waals surface area contributed by atoms with E-state index in [1.54, 1.807) is 17.9 Å². The summed E-state index contributed by atoms with van der Waals surface area (Å²) in [5, 5.41) is 0. The highest BCUT2D eigenvalue weighted by Gasteiger charge is 2.31. The topological polar surface area (TPSA) is 54.8 Å². The predicted molar refractivity (Wildman–Crippen MR) is 121 cm³/mol. The SMILES string of the molecule is COc1ccccc1N1CCN(C(=O)c2c(C)ccn(CCC(C)C)c2=O)C(C)C1. The Morgan fingerprint density at radius 3 is 2.60 bits per heavy atom. The molecular formula is C24H33N3O3. The Hall–Kier alpha value is -2.76. The van der Waals surface area contributed by atoms with Gasteiger partial charge in [-0.1, -0.05) is 26.0 Å². The molecule has 162 valence electrons. The summed E-state index contributed by atoms with van der Waals surface area (Å²) in [6, 6.07) is 9.80. The number of methoxy groups -OCH3 is 1. The van der Waals surface area contributed by atoms with Crippen molar-refractivity contribution >= 4 is 11.6 Å². The van der Waals surface area contributed by atoms with Crippen LogP contribution in [0.5, 0.6) is 5.75 Å². The average Bonchev–Trinajstić information content (AvgIpc) is 2.72. The maximum atomic E-state index is 13.4. The zero-order valence-electron chi connectivity index (χ0n) is 18.7. The highest BCUT2D eigenvalue weighted by atomic mass is 16.5. The quantitative estimate of drug-likeness (QED) is 0.729. The van der Waals surface area contributed by atoms with Crippen molar-refractivity contribution in [3.63, 3.8) is 0 Å². The van der Waals surface area contributed by atoms with Crippen LogP contribution >= 0.6 is 0 Å². The molecule has 3 rings (SSSR count). The summed E-state index contributed by atoms with van der Waals surface area (Å²) in [5.74, 6) is 1.17. The normalized spacial score (nSPS) is 16.8. The van der Waals surface area contributed by atoms with Crippen LogP contribution < -0.4 is 15.2 Å². The Morgan fingerprint density at radius 2 is 1.93 bits per heavy atom. The first kappa shape index (κ1) is 21.9. The molecule has 0 N–H and O–H groups in total. The van der Waals surface area contributed by atoms with Gasteiger partial charge >= 0.3 is 0 Å². The fourth-order valence-electron chi connectivity index (χ4n) is 4.01. The molecule has 6 heteroatoms. The van der Waals surface area contributed by atoms with E-state index in [1.807, 2.05) is 49.1 Å². The van der Waals surface area contributed by atoms with Gasteiger partial charge in [0.2, 0.25) is 0 Å². The number of hydrogen-bond acceptors (Lipinski definition) is 4. The lowest BCUT2D eigenvalue weighted by Crippen LogP contribution is -2.55. The van der Waals surface area contributed by atoms with Gasteiger partial charge in [-0.25, -0.2) is 0 Å². The van der Waals surface area contributed by atoms with Crippen LogP contribution in [0, 0.1) is 12.8 Å². The fraction of sp³-hybridized carbons (Fsp3) is 0.500. The van der Waals surface area contributed by atoms with Crippen molar-refractivity contribution in [2.75, 3.05) is 31.6 Å². The maximum absolute atomic E-state index is 13.4. The number of rotatable bonds is 6. The third kappa shape index (κ3) is 4.53. The van der Waals surface area contributed by atoms with Crippen LogP contribution in [-0.2, 0) is 6.54 Å². The molecule has 1 atom stereocenters. The van der Waals surface area contributed by atoms with Crippen molar-refractivity contribution in [1.82, 2.24) is 9.47 Å². The Kier molecular flexibility index (Phi) is 6.85. The van der Waals surface area contributed by atoms with E-state index in [1.165, 1.54) is 0 Å². The summed E-state index contributed by atoms with van der Waals surface area (Å²) < 4.78 is 7.17. The minimum absolute atomic E-state index is 0.0146. The molecule has 2 aromatic rings. The van der Waals surface area contributed by atoms with E-state index in [-0.39, 0.29) is 17.5 Å². The molecule has 1 unspecified atom stereocenters. The molecule has 0 saturated carbocycles. The lowest BCUT2D eigenvalue weighted by Gasteiger charge is -2.41. The van der Waals surface area contributed by atoms with Crippen molar-refractivity contribution < 1.29 is 9.53 Å². The second-order valence-corrected chi connectivity index (χ2v) is 8.52. The van der Waals surface area contributed by atoms with E-state index >= 15 is 0 Å². The van der Waals surface area contributed by atoms with Gasteiger partial charge in [0.25, 0.3) is 11.5 Å². The number of hydrogen-bond donors (Lipinski definition) is 0. The number of carbonyl (C=O) groups excluding carboxylic acids is 1. The zero-order chi connectivity index (χ0) is 21.8. The van der Waals surface area contributed by atoms with E-state index in [4.69, 9.17) is 4.74 Å². The second-order valence-electron chi connectivity index (χ2n) is 8.52. The van der Waals surface area contributed by atoms with Gasteiger partial charge in [0.05, 0.1) is 12.8 Å². The third-order valence-corrected chi connectivity index (χ3v) is 5.85. The fourth-order valence-corrected chi connectivity index (χ4v) is 4.01. The minimum Gasteiger partial charge on any atom is -0.495 e. The van der Waals surface area contributed by atoms with Crippen molar-refractivity contribution in [2.24, 2.45) is 5.92 Å². The number of carbonyl (C=O) groups is 1. The van der Waals surface area contributed by atoms with Crippen LogP contribution in [0.4, 0.5) is 5.69 Å². The minimum atomic E-state index is -0.181. The van der Waals surface area contributed by atoms with Crippen LogP contribution in [0.2, 0.25) is 0 Å². The highest BCUT2D eigenvalue weighted by Crippen LogP contribution is 2.29. The number of aryl methyl sites for hydroxylation is 2. The van der Waals surface area contributed by atoms with Gasteiger partial charge < -0.3 is 19.1 Å². The largest absolute Gasteiger partial charge is 0.495 e. The Labute approximate surface area is 179 Å². The summed E-state index contributed by atoms with van der Waals surface area (Å²) in [5.41, 5.74) is 1.90. The van der Waals surface area contributed by atoms with E-state index in [0.29, 0.717) is 37.7 Å². The average molecular weight is 412 g/mol. The second kappa shape index (κ2) is 9.37. The van der Waals surface area contributed by atoms with Gasteiger partial charge in [-0.15, -0.1) is 0 Å². The van der Waals surface area contributed by atoms with E-state index in [9.17, 15) is 9.59 Å². The number of piperazine rings is 1. The molecule has 1 aromatic heterocycles. The molecule has 6 nitrogen and oxygen atoms in total. The van der Waals surface area contributed by atoms with Crippen LogP contribution in [0.1, 0.15) is 43.1 Å². The van der Waals surface area contributed by atoms with Crippen molar-refractivity contribution in [3.8, 4) is 5.75 Å². The van der Waals surface area contributed by atoms with Crippen LogP contribution in [0.3, 0.4) is 0 Å². The Balaban J connectivity index is 1.80. The molecule has 1 aromatic carbocycles. The molecule has 0 bridgehead atoms. The molecule has 1 fully saturated rings. The molecule has 1 aliphatic rings. The first-order valence-corrected chi connectivity index (χ1v) is 10.7. The molecule has 0 aliphatic carbocycles. The zero-order valence-corrected chi connectivity index (χ0v) is 18.7. The van der Waals surface area contributed by atoms with Crippen molar-refractivity contribution in [2.45, 2.75) is 46.7 Å². The number of anilines is 1. The van der Waals surface area contributed by atoms with Gasteiger partial charge in [0.1, 0.15) is 11.3 Å². The molecule has 1 aliphatic heterocycles. The smallest absolute Gasteiger partial charge is 0.263 e. The lowest BCUT2D eigenvalue weighted by molar-refractivity contribution is 0.0670. The summed E-state index contributed by atoms with van der Waals surface area (Å²) in [6.45, 7) is 10.7. The molecule has 30 heavy (non-hydrogen) atoms. The first-order valence-electron chi connectivity index (χ1n) is 10.7. The summed E-state index contributed by atoms with van der Waals surface area (Å²) >= 11 is 0. The molecule has 1 saturated heterocycles. The van der Waals surface area contributed by atoms with Gasteiger partial charge in [-0.2, -0.15) is 0 Å².